The van der Waals surface area contributed by atoms with Crippen LogP contribution in [0.2, 0.25) is 0 Å². The fourth-order valence-electron chi connectivity index (χ4n) is 2.70. The molecule has 0 spiro atoms. The molecule has 0 aromatic heterocycles. The minimum absolute atomic E-state index is 0.0716. The van der Waals surface area contributed by atoms with Crippen molar-refractivity contribution in [3.8, 4) is 0 Å². The highest BCUT2D eigenvalue weighted by Gasteiger charge is 2.46. The number of fused-ring (bicyclic) bond motifs is 1. The first kappa shape index (κ1) is 15.8. The van der Waals surface area contributed by atoms with Gasteiger partial charge in [0.05, 0.1) is 17.5 Å². The zero-order valence-electron chi connectivity index (χ0n) is 12.6. The Morgan fingerprint density at radius 2 is 1.96 bits per heavy atom. The molecule has 2 aliphatic rings. The lowest BCUT2D eigenvalue weighted by atomic mass is 10.1. The number of benzene rings is 1. The van der Waals surface area contributed by atoms with Crippen molar-refractivity contribution in [3.05, 3.63) is 29.3 Å². The maximum absolute atomic E-state index is 12.5. The van der Waals surface area contributed by atoms with Gasteiger partial charge in [-0.2, -0.15) is 0 Å². The van der Waals surface area contributed by atoms with Crippen molar-refractivity contribution in [2.75, 3.05) is 19.0 Å². The number of hydrogen-bond donors (Lipinski definition) is 2. The number of imide groups is 2. The van der Waals surface area contributed by atoms with Crippen molar-refractivity contribution in [2.24, 2.45) is 0 Å². The molecule has 5 amide bonds. The minimum atomic E-state index is -1.14. The van der Waals surface area contributed by atoms with Crippen molar-refractivity contribution in [1.29, 1.82) is 0 Å². The molecule has 0 radical (unpaired) electrons. The molecule has 124 valence electrons. The number of nitrogens with zero attached hydrogens (tertiary/aromatic N) is 1. The standard InChI is InChI=1S/C15H13N3O6/c1-24-6-12(20)16-7-2-3-8-9(4-7)15(23)18(14(8)22)10-5-11(19)17-13(10)21/h2-4,10H,5-6H2,1H3,(H,16,20)(H,17,19,21). The molecule has 3 rings (SSSR count). The number of anilines is 1. The number of nitrogens with one attached hydrogen (secondary N) is 2. The van der Waals surface area contributed by atoms with E-state index in [1.54, 1.807) is 0 Å². The van der Waals surface area contributed by atoms with E-state index < -0.39 is 35.6 Å². The third-order valence-electron chi connectivity index (χ3n) is 3.73. The van der Waals surface area contributed by atoms with E-state index in [1.807, 2.05) is 0 Å². The van der Waals surface area contributed by atoms with Gasteiger partial charge in [0.2, 0.25) is 17.7 Å². The highest BCUT2D eigenvalue weighted by molar-refractivity contribution is 6.24. The third kappa shape index (κ3) is 2.54. The Balaban J connectivity index is 1.87. The molecule has 1 aromatic rings. The lowest BCUT2D eigenvalue weighted by molar-refractivity contribution is -0.126. The van der Waals surface area contributed by atoms with Gasteiger partial charge in [-0.3, -0.25) is 34.2 Å². The normalized spacial score (nSPS) is 19.5. The van der Waals surface area contributed by atoms with Crippen LogP contribution in [0, 0.1) is 0 Å². The van der Waals surface area contributed by atoms with Crippen LogP contribution >= 0.6 is 0 Å². The van der Waals surface area contributed by atoms with Crippen molar-refractivity contribution >= 4 is 35.2 Å². The molecule has 9 heteroatoms. The number of hydrogen-bond acceptors (Lipinski definition) is 6. The molecule has 1 unspecified atom stereocenters. The number of carbonyl (C=O) groups excluding carboxylic acids is 5. The van der Waals surface area contributed by atoms with Gasteiger partial charge in [-0.25, -0.2) is 0 Å². The second-order valence-corrected chi connectivity index (χ2v) is 5.35. The first-order chi connectivity index (χ1) is 11.4. The third-order valence-corrected chi connectivity index (χ3v) is 3.73. The summed E-state index contributed by atoms with van der Waals surface area (Å²) in [5.41, 5.74) is 0.519. The monoisotopic (exact) mass is 331 g/mol. The van der Waals surface area contributed by atoms with Crippen molar-refractivity contribution in [2.45, 2.75) is 12.5 Å². The van der Waals surface area contributed by atoms with Crippen LogP contribution < -0.4 is 10.6 Å². The summed E-state index contributed by atoms with van der Waals surface area (Å²) in [6, 6.07) is 3.09. The van der Waals surface area contributed by atoms with E-state index in [-0.39, 0.29) is 24.2 Å². The minimum Gasteiger partial charge on any atom is -0.375 e. The molecule has 9 nitrogen and oxygen atoms in total. The molecule has 1 saturated heterocycles. The van der Waals surface area contributed by atoms with E-state index in [2.05, 4.69) is 10.6 Å². The summed E-state index contributed by atoms with van der Waals surface area (Å²) in [4.78, 5) is 60.2. The number of amides is 5. The van der Waals surface area contributed by atoms with E-state index >= 15 is 0 Å². The molecule has 1 aromatic carbocycles. The van der Waals surface area contributed by atoms with Crippen LogP contribution in [0.4, 0.5) is 5.69 Å². The molecule has 2 aliphatic heterocycles. The average molecular weight is 331 g/mol. The summed E-state index contributed by atoms with van der Waals surface area (Å²) >= 11 is 0. The lowest BCUT2D eigenvalue weighted by Gasteiger charge is -2.18. The quantitative estimate of drug-likeness (QED) is 0.702. The Hall–Kier alpha value is -3.07. The zero-order valence-corrected chi connectivity index (χ0v) is 12.6. The molecule has 1 atom stereocenters. The second kappa shape index (κ2) is 5.85. The van der Waals surface area contributed by atoms with Gasteiger partial charge in [-0.15, -0.1) is 0 Å². The van der Waals surface area contributed by atoms with E-state index in [1.165, 1.54) is 25.3 Å². The Morgan fingerprint density at radius 3 is 2.58 bits per heavy atom. The average Bonchev–Trinajstić information content (AvgIpc) is 2.96. The lowest BCUT2D eigenvalue weighted by Crippen LogP contribution is -2.44. The van der Waals surface area contributed by atoms with Gasteiger partial charge in [-0.05, 0) is 18.2 Å². The van der Waals surface area contributed by atoms with Gasteiger partial charge in [0, 0.05) is 12.8 Å². The highest BCUT2D eigenvalue weighted by Crippen LogP contribution is 2.29. The van der Waals surface area contributed by atoms with E-state index in [0.717, 1.165) is 4.90 Å². The number of methoxy groups -OCH3 is 1. The topological polar surface area (TPSA) is 122 Å². The predicted molar refractivity (Wildman–Crippen MR) is 79.0 cm³/mol. The summed E-state index contributed by atoms with van der Waals surface area (Å²) in [5.74, 6) is -2.93. The molecule has 2 N–H and O–H groups in total. The van der Waals surface area contributed by atoms with Gasteiger partial charge in [-0.1, -0.05) is 0 Å². The SMILES string of the molecule is COCC(=O)Nc1ccc2c(c1)C(=O)N(C1CC(=O)NC1=O)C2=O. The molecule has 0 saturated carbocycles. The summed E-state index contributed by atoms with van der Waals surface area (Å²) in [7, 11) is 1.37. The number of ether oxygens (including phenoxy) is 1. The van der Waals surface area contributed by atoms with E-state index in [4.69, 9.17) is 4.74 Å². The number of carbonyl (C=O) groups is 5. The number of rotatable bonds is 4. The summed E-state index contributed by atoms with van der Waals surface area (Å²) in [6.07, 6.45) is -0.248. The van der Waals surface area contributed by atoms with Gasteiger partial charge in [0.1, 0.15) is 12.6 Å². The van der Waals surface area contributed by atoms with Crippen LogP contribution in [0.1, 0.15) is 27.1 Å². The summed E-state index contributed by atoms with van der Waals surface area (Å²) in [5, 5.41) is 4.60. The Morgan fingerprint density at radius 1 is 1.25 bits per heavy atom. The Labute approximate surface area is 135 Å². The van der Waals surface area contributed by atoms with Crippen LogP contribution in [-0.2, 0) is 19.1 Å². The Bertz CT molecular complexity index is 787. The fourth-order valence-corrected chi connectivity index (χ4v) is 2.70. The zero-order chi connectivity index (χ0) is 17.4. The summed E-state index contributed by atoms with van der Waals surface area (Å²) < 4.78 is 4.70. The van der Waals surface area contributed by atoms with Gasteiger partial charge in [0.25, 0.3) is 11.8 Å². The molecular weight excluding hydrogens is 318 g/mol. The molecule has 1 fully saturated rings. The first-order valence-corrected chi connectivity index (χ1v) is 7.07. The Kier molecular flexibility index (Phi) is 3.86. The van der Waals surface area contributed by atoms with Crippen LogP contribution in [0.15, 0.2) is 18.2 Å². The largest absolute Gasteiger partial charge is 0.375 e. The van der Waals surface area contributed by atoms with Crippen molar-refractivity contribution < 1.29 is 28.7 Å². The van der Waals surface area contributed by atoms with Gasteiger partial charge < -0.3 is 10.1 Å². The van der Waals surface area contributed by atoms with Crippen molar-refractivity contribution in [3.63, 3.8) is 0 Å². The van der Waals surface area contributed by atoms with Crippen LogP contribution in [0.5, 0.6) is 0 Å². The van der Waals surface area contributed by atoms with Gasteiger partial charge >= 0.3 is 0 Å². The van der Waals surface area contributed by atoms with E-state index in [9.17, 15) is 24.0 Å². The highest BCUT2D eigenvalue weighted by atomic mass is 16.5. The van der Waals surface area contributed by atoms with Crippen LogP contribution in [0.25, 0.3) is 0 Å². The maximum Gasteiger partial charge on any atom is 0.262 e. The molecule has 0 bridgehead atoms. The smallest absolute Gasteiger partial charge is 0.262 e. The maximum atomic E-state index is 12.5. The van der Waals surface area contributed by atoms with Crippen LogP contribution in [0.3, 0.4) is 0 Å². The molecule has 24 heavy (non-hydrogen) atoms. The first-order valence-electron chi connectivity index (χ1n) is 7.07. The summed E-state index contributed by atoms with van der Waals surface area (Å²) in [6.45, 7) is -0.152. The van der Waals surface area contributed by atoms with Gasteiger partial charge in [0.15, 0.2) is 0 Å². The van der Waals surface area contributed by atoms with Crippen molar-refractivity contribution in [1.82, 2.24) is 10.2 Å². The van der Waals surface area contributed by atoms with Crippen LogP contribution in [-0.4, -0.2) is 54.2 Å². The molecule has 2 heterocycles. The molecular formula is C15H13N3O6. The fraction of sp³-hybridized carbons (Fsp3) is 0.267. The predicted octanol–water partition coefficient (Wildman–Crippen LogP) is -0.717. The molecule has 0 aliphatic carbocycles. The second-order valence-electron chi connectivity index (χ2n) is 5.35. The van der Waals surface area contributed by atoms with E-state index in [0.29, 0.717) is 5.69 Å².